The van der Waals surface area contributed by atoms with Crippen LogP contribution in [-0.4, -0.2) is 88.7 Å². The van der Waals surface area contributed by atoms with Gasteiger partial charge in [0.15, 0.2) is 17.3 Å². The van der Waals surface area contributed by atoms with Gasteiger partial charge in [-0.1, -0.05) is 19.1 Å². The van der Waals surface area contributed by atoms with E-state index in [-0.39, 0.29) is 22.7 Å². The Bertz CT molecular complexity index is 1550. The maximum absolute atomic E-state index is 15.4. The van der Waals surface area contributed by atoms with Gasteiger partial charge in [0.1, 0.15) is 11.2 Å². The molecule has 3 aromatic heterocycles. The topological polar surface area (TPSA) is 75.3 Å². The number of morpholine rings is 1. The molecule has 0 unspecified atom stereocenters. The van der Waals surface area contributed by atoms with Gasteiger partial charge < -0.3 is 24.0 Å². The molecule has 2 aliphatic heterocycles. The van der Waals surface area contributed by atoms with Gasteiger partial charge >= 0.3 is 0 Å². The number of benzene rings is 1. The summed E-state index contributed by atoms with van der Waals surface area (Å²) in [6.07, 6.45) is 0. The van der Waals surface area contributed by atoms with Gasteiger partial charge in [-0.05, 0) is 24.7 Å². The molecule has 0 spiro atoms. The van der Waals surface area contributed by atoms with Crippen LogP contribution in [0.4, 0.5) is 10.2 Å². The van der Waals surface area contributed by atoms with E-state index in [1.807, 2.05) is 45.2 Å². The highest BCUT2D eigenvalue weighted by molar-refractivity contribution is 6.06. The standard InChI is InChI=1S/C26H29FN6O3/c1-3-30-8-10-32(11-9-30)26(35)21-22(34)17-16-18(27)24(31-12-14-36-15-13-31)28-23(17)33-20-7-5-4-6-19(20)29(2)25(21)33/h4-7,16H,3,8-15H2,1-2H3. The third kappa shape index (κ3) is 3.47. The third-order valence-corrected chi connectivity index (χ3v) is 7.49. The smallest absolute Gasteiger partial charge is 0.261 e. The lowest BCUT2D eigenvalue weighted by Crippen LogP contribution is -2.49. The number of ether oxygens (including phenoxy) is 1. The number of likely N-dealkylation sites (N-methyl/N-ethyl adjacent to an activating group) is 1. The van der Waals surface area contributed by atoms with E-state index in [9.17, 15) is 9.59 Å². The predicted molar refractivity (Wildman–Crippen MR) is 136 cm³/mol. The van der Waals surface area contributed by atoms with Crippen molar-refractivity contribution >= 4 is 39.4 Å². The second-order valence-electron chi connectivity index (χ2n) is 9.40. The number of hydrogen-bond acceptors (Lipinski definition) is 6. The number of fused-ring (bicyclic) bond motifs is 5. The summed E-state index contributed by atoms with van der Waals surface area (Å²) in [5, 5.41) is 0.105. The number of carbonyl (C=O) groups is 1. The predicted octanol–water partition coefficient (Wildman–Crippen LogP) is 2.09. The molecule has 0 N–H and O–H groups in total. The molecule has 6 rings (SSSR count). The molecule has 0 bridgehead atoms. The van der Waals surface area contributed by atoms with Crippen molar-refractivity contribution < 1.29 is 13.9 Å². The first-order chi connectivity index (χ1) is 17.5. The first kappa shape index (κ1) is 22.9. The van der Waals surface area contributed by atoms with Gasteiger partial charge in [0.2, 0.25) is 5.43 Å². The Balaban J connectivity index is 1.63. The summed E-state index contributed by atoms with van der Waals surface area (Å²) in [7, 11) is 1.85. The molecule has 1 amide bonds. The zero-order valence-electron chi connectivity index (χ0n) is 20.5. The fourth-order valence-corrected chi connectivity index (χ4v) is 5.47. The van der Waals surface area contributed by atoms with E-state index in [0.717, 1.165) is 30.7 Å². The summed E-state index contributed by atoms with van der Waals surface area (Å²) in [4.78, 5) is 38.3. The van der Waals surface area contributed by atoms with Crippen molar-refractivity contribution in [2.24, 2.45) is 7.05 Å². The number of amides is 1. The molecular formula is C26H29FN6O3. The van der Waals surface area contributed by atoms with Crippen LogP contribution in [0.15, 0.2) is 35.1 Å². The van der Waals surface area contributed by atoms with Crippen LogP contribution in [-0.2, 0) is 11.8 Å². The Morgan fingerprint density at radius 2 is 1.75 bits per heavy atom. The summed E-state index contributed by atoms with van der Waals surface area (Å²) in [6, 6.07) is 8.94. The van der Waals surface area contributed by atoms with E-state index in [1.165, 1.54) is 6.07 Å². The van der Waals surface area contributed by atoms with Crippen molar-refractivity contribution in [3.63, 3.8) is 0 Å². The Morgan fingerprint density at radius 1 is 1.06 bits per heavy atom. The number of anilines is 1. The molecule has 0 atom stereocenters. The number of carbonyl (C=O) groups excluding carboxylic acids is 1. The maximum atomic E-state index is 15.4. The second-order valence-corrected chi connectivity index (χ2v) is 9.40. The Labute approximate surface area is 207 Å². The fraction of sp³-hybridized carbons (Fsp3) is 0.423. The highest BCUT2D eigenvalue weighted by Gasteiger charge is 2.30. The molecule has 2 saturated heterocycles. The minimum absolute atomic E-state index is 0.0615. The first-order valence-corrected chi connectivity index (χ1v) is 12.5. The largest absolute Gasteiger partial charge is 0.378 e. The number of nitrogens with zero attached hydrogens (tertiary/aromatic N) is 6. The Kier molecular flexibility index (Phi) is 5.65. The molecule has 9 nitrogen and oxygen atoms in total. The normalized spacial score (nSPS) is 17.5. The number of hydrogen-bond donors (Lipinski definition) is 0. The average molecular weight is 493 g/mol. The second kappa shape index (κ2) is 8.86. The Hall–Kier alpha value is -3.50. The molecule has 4 aromatic rings. The minimum Gasteiger partial charge on any atom is -0.378 e. The highest BCUT2D eigenvalue weighted by Crippen LogP contribution is 2.29. The van der Waals surface area contributed by atoms with Gasteiger partial charge in [0, 0.05) is 46.3 Å². The van der Waals surface area contributed by atoms with E-state index in [1.54, 1.807) is 4.90 Å². The van der Waals surface area contributed by atoms with Crippen molar-refractivity contribution in [1.29, 1.82) is 0 Å². The highest BCUT2D eigenvalue weighted by atomic mass is 19.1. The molecule has 0 aliphatic carbocycles. The monoisotopic (exact) mass is 492 g/mol. The lowest BCUT2D eigenvalue weighted by Gasteiger charge is -2.34. The molecular weight excluding hydrogens is 463 g/mol. The van der Waals surface area contributed by atoms with Crippen LogP contribution < -0.4 is 10.3 Å². The van der Waals surface area contributed by atoms with E-state index >= 15 is 4.39 Å². The van der Waals surface area contributed by atoms with Crippen molar-refractivity contribution in [3.8, 4) is 0 Å². The molecule has 2 aliphatic rings. The summed E-state index contributed by atoms with van der Waals surface area (Å²) in [6.45, 7) is 7.63. The van der Waals surface area contributed by atoms with Crippen LogP contribution in [0.3, 0.4) is 0 Å². The fourth-order valence-electron chi connectivity index (χ4n) is 5.47. The average Bonchev–Trinajstić information content (AvgIpc) is 3.21. The Morgan fingerprint density at radius 3 is 2.44 bits per heavy atom. The molecule has 5 heterocycles. The molecule has 10 heteroatoms. The van der Waals surface area contributed by atoms with Crippen LogP contribution in [0.1, 0.15) is 17.3 Å². The van der Waals surface area contributed by atoms with Crippen molar-refractivity contribution in [3.05, 3.63) is 51.9 Å². The summed E-state index contributed by atoms with van der Waals surface area (Å²) < 4.78 is 24.5. The van der Waals surface area contributed by atoms with Gasteiger partial charge in [0.25, 0.3) is 5.91 Å². The zero-order valence-corrected chi connectivity index (χ0v) is 20.5. The van der Waals surface area contributed by atoms with Crippen molar-refractivity contribution in [2.75, 3.05) is 63.9 Å². The summed E-state index contributed by atoms with van der Waals surface area (Å²) in [5.74, 6) is -0.697. The lowest BCUT2D eigenvalue weighted by atomic mass is 10.1. The van der Waals surface area contributed by atoms with Gasteiger partial charge in [-0.2, -0.15) is 0 Å². The van der Waals surface area contributed by atoms with Crippen LogP contribution in [0, 0.1) is 5.82 Å². The summed E-state index contributed by atoms with van der Waals surface area (Å²) in [5.41, 5.74) is 2.06. The van der Waals surface area contributed by atoms with Crippen LogP contribution in [0.5, 0.6) is 0 Å². The van der Waals surface area contributed by atoms with E-state index < -0.39 is 11.2 Å². The van der Waals surface area contributed by atoms with Crippen LogP contribution in [0.25, 0.3) is 27.7 Å². The van der Waals surface area contributed by atoms with Gasteiger partial charge in [0.05, 0.1) is 29.6 Å². The molecule has 36 heavy (non-hydrogen) atoms. The SMILES string of the molecule is CCN1CCN(C(=O)c2c(=O)c3cc(F)c(N4CCOCC4)nc3n3c4ccccc4n(C)c23)CC1. The van der Waals surface area contributed by atoms with E-state index in [4.69, 9.17) is 9.72 Å². The molecule has 2 fully saturated rings. The number of para-hydroxylation sites is 2. The van der Waals surface area contributed by atoms with E-state index in [2.05, 4.69) is 11.8 Å². The zero-order chi connectivity index (χ0) is 25.0. The van der Waals surface area contributed by atoms with Crippen molar-refractivity contribution in [2.45, 2.75) is 6.92 Å². The first-order valence-electron chi connectivity index (χ1n) is 12.5. The number of imidazole rings is 1. The minimum atomic E-state index is -0.573. The number of halogens is 1. The number of pyridine rings is 2. The number of aryl methyl sites for hydroxylation is 1. The molecule has 0 radical (unpaired) electrons. The molecule has 188 valence electrons. The van der Waals surface area contributed by atoms with E-state index in [0.29, 0.717) is 50.7 Å². The summed E-state index contributed by atoms with van der Waals surface area (Å²) >= 11 is 0. The van der Waals surface area contributed by atoms with Gasteiger partial charge in [-0.15, -0.1) is 0 Å². The molecule has 0 saturated carbocycles. The maximum Gasteiger partial charge on any atom is 0.261 e. The van der Waals surface area contributed by atoms with Crippen LogP contribution in [0.2, 0.25) is 0 Å². The van der Waals surface area contributed by atoms with Gasteiger partial charge in [-0.3, -0.25) is 14.0 Å². The number of rotatable bonds is 3. The lowest BCUT2D eigenvalue weighted by molar-refractivity contribution is 0.0643. The molecule has 1 aromatic carbocycles. The van der Waals surface area contributed by atoms with Crippen molar-refractivity contribution in [1.82, 2.24) is 23.8 Å². The van der Waals surface area contributed by atoms with Crippen LogP contribution >= 0.6 is 0 Å². The number of aromatic nitrogens is 3. The third-order valence-electron chi connectivity index (χ3n) is 7.49. The number of piperazine rings is 1. The van der Waals surface area contributed by atoms with Gasteiger partial charge in [-0.25, -0.2) is 9.37 Å². The quantitative estimate of drug-likeness (QED) is 0.436.